The summed E-state index contributed by atoms with van der Waals surface area (Å²) in [6.07, 6.45) is 1.59. The Hall–Kier alpha value is -0.970. The molecule has 0 bridgehead atoms. The quantitative estimate of drug-likeness (QED) is 0.819. The number of carbonyl (C=O) groups is 1. The zero-order valence-electron chi connectivity index (χ0n) is 14.5. The zero-order chi connectivity index (χ0) is 17.9. The van der Waals surface area contributed by atoms with Crippen molar-refractivity contribution in [3.63, 3.8) is 0 Å². The van der Waals surface area contributed by atoms with Crippen molar-refractivity contribution < 1.29 is 9.53 Å². The maximum absolute atomic E-state index is 12.4. The third-order valence-electron chi connectivity index (χ3n) is 4.29. The number of nitrogens with zero attached hydrogens (tertiary/aromatic N) is 1. The molecule has 1 aromatic rings. The molecular formula is C18H26Cl2N2O2. The van der Waals surface area contributed by atoms with Crippen molar-refractivity contribution in [3.05, 3.63) is 33.8 Å². The fourth-order valence-electron chi connectivity index (χ4n) is 3.15. The Balaban J connectivity index is 2.16. The van der Waals surface area contributed by atoms with Gasteiger partial charge in [-0.15, -0.1) is 0 Å². The highest BCUT2D eigenvalue weighted by atomic mass is 35.5. The SMILES string of the molecule is CC(C)(C)OC(=O)N1CCCC(c2ccc(Cl)c(Cl)c2)C(CN)C1. The Labute approximate surface area is 154 Å². The van der Waals surface area contributed by atoms with Crippen LogP contribution in [0.5, 0.6) is 0 Å². The molecule has 0 aliphatic carbocycles. The summed E-state index contributed by atoms with van der Waals surface area (Å²) in [5.41, 5.74) is 6.66. The smallest absolute Gasteiger partial charge is 0.410 e. The molecule has 1 heterocycles. The highest BCUT2D eigenvalue weighted by Gasteiger charge is 2.31. The van der Waals surface area contributed by atoms with E-state index in [9.17, 15) is 4.79 Å². The van der Waals surface area contributed by atoms with Gasteiger partial charge in [0.2, 0.25) is 0 Å². The van der Waals surface area contributed by atoms with E-state index in [0.29, 0.717) is 29.7 Å². The Morgan fingerprint density at radius 2 is 2.04 bits per heavy atom. The number of rotatable bonds is 2. The molecular weight excluding hydrogens is 347 g/mol. The Morgan fingerprint density at radius 1 is 1.33 bits per heavy atom. The summed E-state index contributed by atoms with van der Waals surface area (Å²) in [5.74, 6) is 0.425. The Kier molecular flexibility index (Phi) is 6.40. The van der Waals surface area contributed by atoms with E-state index in [4.69, 9.17) is 33.7 Å². The first-order valence-electron chi connectivity index (χ1n) is 8.34. The number of likely N-dealkylation sites (tertiary alicyclic amines) is 1. The van der Waals surface area contributed by atoms with Crippen LogP contribution in [0.2, 0.25) is 10.0 Å². The molecule has 0 spiro atoms. The maximum atomic E-state index is 12.4. The van der Waals surface area contributed by atoms with Gasteiger partial charge in [0.25, 0.3) is 0 Å². The summed E-state index contributed by atoms with van der Waals surface area (Å²) in [6, 6.07) is 5.74. The van der Waals surface area contributed by atoms with E-state index in [-0.39, 0.29) is 17.9 Å². The number of ether oxygens (including phenoxy) is 1. The van der Waals surface area contributed by atoms with Gasteiger partial charge in [0.05, 0.1) is 10.0 Å². The molecule has 6 heteroatoms. The molecule has 2 atom stereocenters. The van der Waals surface area contributed by atoms with E-state index >= 15 is 0 Å². The van der Waals surface area contributed by atoms with E-state index in [1.807, 2.05) is 39.0 Å². The molecule has 2 rings (SSSR count). The summed E-state index contributed by atoms with van der Waals surface area (Å²) < 4.78 is 5.51. The van der Waals surface area contributed by atoms with Gasteiger partial charge in [-0.05, 0) is 69.7 Å². The lowest BCUT2D eigenvalue weighted by Crippen LogP contribution is -2.41. The summed E-state index contributed by atoms with van der Waals surface area (Å²) >= 11 is 12.2. The Morgan fingerprint density at radius 3 is 2.62 bits per heavy atom. The molecule has 0 aromatic heterocycles. The van der Waals surface area contributed by atoms with Crippen LogP contribution < -0.4 is 5.73 Å². The fourth-order valence-corrected chi connectivity index (χ4v) is 3.46. The molecule has 1 aliphatic heterocycles. The van der Waals surface area contributed by atoms with Crippen LogP contribution >= 0.6 is 23.2 Å². The average molecular weight is 373 g/mol. The molecule has 0 saturated carbocycles. The van der Waals surface area contributed by atoms with E-state index < -0.39 is 5.60 Å². The van der Waals surface area contributed by atoms with Gasteiger partial charge >= 0.3 is 6.09 Å². The van der Waals surface area contributed by atoms with E-state index in [0.717, 1.165) is 18.4 Å². The van der Waals surface area contributed by atoms with Crippen LogP contribution in [0, 0.1) is 5.92 Å². The van der Waals surface area contributed by atoms with Gasteiger partial charge in [-0.25, -0.2) is 4.79 Å². The molecule has 4 nitrogen and oxygen atoms in total. The lowest BCUT2D eigenvalue weighted by Gasteiger charge is -2.30. The minimum absolute atomic E-state index is 0.164. The van der Waals surface area contributed by atoms with Crippen LogP contribution in [-0.4, -0.2) is 36.2 Å². The zero-order valence-corrected chi connectivity index (χ0v) is 16.0. The minimum Gasteiger partial charge on any atom is -0.444 e. The molecule has 1 aliphatic rings. The highest BCUT2D eigenvalue weighted by Crippen LogP contribution is 2.35. The summed E-state index contributed by atoms with van der Waals surface area (Å²) in [4.78, 5) is 14.2. The standard InChI is InChI=1S/C18H26Cl2N2O2/c1-18(2,3)24-17(23)22-8-4-5-14(13(10-21)11-22)12-6-7-15(19)16(20)9-12/h6-7,9,13-14H,4-5,8,10-11,21H2,1-3H3. The van der Waals surface area contributed by atoms with Crippen LogP contribution in [-0.2, 0) is 4.74 Å². The molecule has 2 N–H and O–H groups in total. The van der Waals surface area contributed by atoms with Crippen molar-refractivity contribution in [2.24, 2.45) is 11.7 Å². The predicted molar refractivity (Wildman–Crippen MR) is 98.8 cm³/mol. The number of carbonyl (C=O) groups excluding carboxylic acids is 1. The number of amides is 1. The number of nitrogens with two attached hydrogens (primary N) is 1. The normalized spacial score (nSPS) is 22.2. The minimum atomic E-state index is -0.495. The summed E-state index contributed by atoms with van der Waals surface area (Å²) in [6.45, 7) is 7.41. The number of halogens is 2. The van der Waals surface area contributed by atoms with Gasteiger partial charge in [0, 0.05) is 13.1 Å². The topological polar surface area (TPSA) is 55.6 Å². The lowest BCUT2D eigenvalue weighted by atomic mass is 9.83. The van der Waals surface area contributed by atoms with E-state index in [1.165, 1.54) is 0 Å². The monoisotopic (exact) mass is 372 g/mol. The van der Waals surface area contributed by atoms with Gasteiger partial charge in [-0.1, -0.05) is 29.3 Å². The third kappa shape index (κ3) is 5.01. The van der Waals surface area contributed by atoms with Crippen LogP contribution in [0.25, 0.3) is 0 Å². The van der Waals surface area contributed by atoms with Gasteiger partial charge < -0.3 is 15.4 Å². The maximum Gasteiger partial charge on any atom is 0.410 e. The molecule has 1 saturated heterocycles. The van der Waals surface area contributed by atoms with Gasteiger partial charge in [-0.3, -0.25) is 0 Å². The molecule has 24 heavy (non-hydrogen) atoms. The van der Waals surface area contributed by atoms with E-state index in [1.54, 1.807) is 4.90 Å². The molecule has 134 valence electrons. The van der Waals surface area contributed by atoms with Crippen LogP contribution in [0.15, 0.2) is 18.2 Å². The molecule has 1 amide bonds. The average Bonchev–Trinajstić information content (AvgIpc) is 2.70. The van der Waals surface area contributed by atoms with Crippen LogP contribution in [0.3, 0.4) is 0 Å². The first-order valence-corrected chi connectivity index (χ1v) is 9.10. The summed E-state index contributed by atoms with van der Waals surface area (Å²) in [7, 11) is 0. The fraction of sp³-hybridized carbons (Fsp3) is 0.611. The molecule has 0 radical (unpaired) electrons. The molecule has 1 aromatic carbocycles. The Bertz CT molecular complexity index is 587. The van der Waals surface area contributed by atoms with Crippen molar-refractivity contribution in [3.8, 4) is 0 Å². The van der Waals surface area contributed by atoms with Crippen LogP contribution in [0.4, 0.5) is 4.79 Å². The second kappa shape index (κ2) is 7.94. The van der Waals surface area contributed by atoms with Crippen molar-refractivity contribution >= 4 is 29.3 Å². The number of hydrogen-bond donors (Lipinski definition) is 1. The third-order valence-corrected chi connectivity index (χ3v) is 5.03. The van der Waals surface area contributed by atoms with Gasteiger partial charge in [0.15, 0.2) is 0 Å². The van der Waals surface area contributed by atoms with Crippen molar-refractivity contribution in [2.45, 2.75) is 45.1 Å². The second-order valence-electron chi connectivity index (χ2n) is 7.34. The van der Waals surface area contributed by atoms with E-state index in [2.05, 4.69) is 0 Å². The van der Waals surface area contributed by atoms with Crippen LogP contribution in [0.1, 0.15) is 45.1 Å². The van der Waals surface area contributed by atoms with Crippen molar-refractivity contribution in [1.29, 1.82) is 0 Å². The number of hydrogen-bond acceptors (Lipinski definition) is 3. The highest BCUT2D eigenvalue weighted by molar-refractivity contribution is 6.42. The second-order valence-corrected chi connectivity index (χ2v) is 8.16. The largest absolute Gasteiger partial charge is 0.444 e. The van der Waals surface area contributed by atoms with Crippen molar-refractivity contribution in [2.75, 3.05) is 19.6 Å². The summed E-state index contributed by atoms with van der Waals surface area (Å²) in [5, 5.41) is 1.10. The van der Waals surface area contributed by atoms with Gasteiger partial charge in [-0.2, -0.15) is 0 Å². The first kappa shape index (κ1) is 19.4. The first-order chi connectivity index (χ1) is 11.2. The molecule has 2 unspecified atom stereocenters. The number of benzene rings is 1. The predicted octanol–water partition coefficient (Wildman–Crippen LogP) is 4.68. The van der Waals surface area contributed by atoms with Gasteiger partial charge in [0.1, 0.15) is 5.60 Å². The van der Waals surface area contributed by atoms with Crippen molar-refractivity contribution in [1.82, 2.24) is 4.90 Å². The molecule has 1 fully saturated rings. The lowest BCUT2D eigenvalue weighted by molar-refractivity contribution is 0.0234.